The normalized spacial score (nSPS) is 16.5. The van der Waals surface area contributed by atoms with Crippen LogP contribution in [-0.2, 0) is 12.8 Å². The fourth-order valence-electron chi connectivity index (χ4n) is 5.81. The summed E-state index contributed by atoms with van der Waals surface area (Å²) in [5, 5.41) is 3.17. The van der Waals surface area contributed by atoms with Crippen LogP contribution in [0.5, 0.6) is 11.5 Å². The molecule has 1 amide bonds. The van der Waals surface area contributed by atoms with E-state index in [2.05, 4.69) is 39.6 Å². The minimum absolute atomic E-state index is 0.00972. The maximum atomic E-state index is 13.2. The predicted molar refractivity (Wildman–Crippen MR) is 163 cm³/mol. The summed E-state index contributed by atoms with van der Waals surface area (Å²) in [5.41, 5.74) is 14.3. The number of carbonyl (C=O) groups excluding carboxylic acids is 1. The topological polar surface area (TPSA) is 125 Å². The number of nitrogens with zero attached hydrogens (tertiary/aromatic N) is 3. The first-order valence-electron chi connectivity index (χ1n) is 14.3. The fourth-order valence-corrected chi connectivity index (χ4v) is 5.93. The number of hydrogen-bond donors (Lipinski definition) is 3. The number of aryl methyl sites for hydroxylation is 2. The maximum absolute atomic E-state index is 13.2. The number of ether oxygens (including phenoxy) is 2. The molecule has 1 aliphatic heterocycles. The first-order valence-corrected chi connectivity index (χ1v) is 14.7. The lowest BCUT2D eigenvalue weighted by atomic mass is 10.1. The second-order valence-corrected chi connectivity index (χ2v) is 11.3. The average molecular weight is 582 g/mol. The summed E-state index contributed by atoms with van der Waals surface area (Å²) in [6.45, 7) is 4.02. The van der Waals surface area contributed by atoms with Gasteiger partial charge in [-0.3, -0.25) is 4.79 Å². The van der Waals surface area contributed by atoms with Crippen molar-refractivity contribution < 1.29 is 18.8 Å². The lowest BCUT2D eigenvalue weighted by Gasteiger charge is -2.40. The molecule has 0 saturated carbocycles. The number of nitrogens with two attached hydrogens (primary N) is 2. The first kappa shape index (κ1) is 30.4. The molecule has 220 valence electrons. The van der Waals surface area contributed by atoms with Crippen LogP contribution in [0.2, 0.25) is 5.15 Å². The summed E-state index contributed by atoms with van der Waals surface area (Å²) in [5.74, 6) is 1.37. The van der Waals surface area contributed by atoms with Gasteiger partial charge in [-0.25, -0.2) is 9.97 Å². The summed E-state index contributed by atoms with van der Waals surface area (Å²) in [4.78, 5) is 21.3. The predicted octanol–water partition coefficient (Wildman–Crippen LogP) is 4.68. The Balaban J connectivity index is 1.46. The number of hydrogen-bond acceptors (Lipinski definition) is 7. The molecular formula is C31H42ClN6O3+. The average Bonchev–Trinajstić information content (AvgIpc) is 3.17. The van der Waals surface area contributed by atoms with E-state index in [0.717, 1.165) is 87.1 Å². The van der Waals surface area contributed by atoms with Crippen molar-refractivity contribution in [3.8, 4) is 11.5 Å². The summed E-state index contributed by atoms with van der Waals surface area (Å²) < 4.78 is 11.6. The van der Waals surface area contributed by atoms with Crippen LogP contribution >= 0.6 is 11.6 Å². The Morgan fingerprint density at radius 1 is 0.902 bits per heavy atom. The third kappa shape index (κ3) is 8.47. The van der Waals surface area contributed by atoms with Crippen LogP contribution in [0, 0.1) is 0 Å². The summed E-state index contributed by atoms with van der Waals surface area (Å²) >= 11 is 6.04. The third-order valence-electron chi connectivity index (χ3n) is 8.01. The number of carbonyl (C=O) groups is 1. The minimum atomic E-state index is -0.363. The summed E-state index contributed by atoms with van der Waals surface area (Å²) in [6.07, 6.45) is 7.17. The van der Waals surface area contributed by atoms with Crippen molar-refractivity contribution in [3.63, 3.8) is 0 Å². The van der Waals surface area contributed by atoms with Gasteiger partial charge in [0.15, 0.2) is 22.5 Å². The molecule has 1 aliphatic rings. The van der Waals surface area contributed by atoms with Gasteiger partial charge < -0.3 is 30.7 Å². The highest BCUT2D eigenvalue weighted by molar-refractivity contribution is 6.31. The Bertz CT molecular complexity index is 1230. The lowest BCUT2D eigenvalue weighted by molar-refractivity contribution is -0.928. The SMILES string of the molecule is COc1ccc(CCC[N+]2(CCCc3ccc(OC)cc3)CCCCC(NC(=O)c3nc(Cl)c(N)nc3N)C2)cc1. The highest BCUT2D eigenvalue weighted by Gasteiger charge is 2.34. The van der Waals surface area contributed by atoms with E-state index in [0.29, 0.717) is 0 Å². The molecule has 3 aromatic rings. The molecule has 0 aliphatic carbocycles. The Labute approximate surface area is 247 Å². The molecule has 2 heterocycles. The van der Waals surface area contributed by atoms with Crippen molar-refractivity contribution in [1.82, 2.24) is 15.3 Å². The number of methoxy groups -OCH3 is 2. The fraction of sp³-hybridized carbons (Fsp3) is 0.452. The van der Waals surface area contributed by atoms with Gasteiger partial charge in [0.05, 0.1) is 46.4 Å². The Kier molecular flexibility index (Phi) is 10.7. The minimum Gasteiger partial charge on any atom is -0.497 e. The van der Waals surface area contributed by atoms with E-state index in [9.17, 15) is 4.79 Å². The van der Waals surface area contributed by atoms with Gasteiger partial charge in [-0.1, -0.05) is 35.9 Å². The number of aromatic nitrogens is 2. The van der Waals surface area contributed by atoms with Crippen LogP contribution in [0.25, 0.3) is 0 Å². The smallest absolute Gasteiger partial charge is 0.274 e. The van der Waals surface area contributed by atoms with Crippen LogP contribution in [-0.4, -0.2) is 66.8 Å². The molecule has 1 fully saturated rings. The molecule has 5 N–H and O–H groups in total. The summed E-state index contributed by atoms with van der Waals surface area (Å²) in [6, 6.07) is 16.6. The second-order valence-electron chi connectivity index (χ2n) is 10.9. The number of halogens is 1. The van der Waals surface area contributed by atoms with E-state index in [1.54, 1.807) is 14.2 Å². The van der Waals surface area contributed by atoms with Crippen molar-refractivity contribution in [1.29, 1.82) is 0 Å². The molecule has 0 bridgehead atoms. The van der Waals surface area contributed by atoms with Gasteiger partial charge in [0.1, 0.15) is 11.5 Å². The van der Waals surface area contributed by atoms with Crippen LogP contribution in [0.3, 0.4) is 0 Å². The number of amides is 1. The zero-order valence-corrected chi connectivity index (χ0v) is 24.8. The number of rotatable bonds is 12. The number of nitrogen functional groups attached to an aromatic ring is 2. The zero-order chi connectivity index (χ0) is 29.2. The molecule has 0 spiro atoms. The molecule has 2 aromatic carbocycles. The number of nitrogens with one attached hydrogen (secondary N) is 1. The van der Waals surface area contributed by atoms with Crippen molar-refractivity contribution >= 4 is 29.1 Å². The van der Waals surface area contributed by atoms with E-state index in [4.69, 9.17) is 32.5 Å². The van der Waals surface area contributed by atoms with Crippen molar-refractivity contribution in [2.75, 3.05) is 51.9 Å². The Morgan fingerprint density at radius 2 is 1.46 bits per heavy atom. The quantitative estimate of drug-likeness (QED) is 0.265. The molecule has 0 radical (unpaired) electrons. The Morgan fingerprint density at radius 3 is 2.00 bits per heavy atom. The monoisotopic (exact) mass is 581 g/mol. The number of anilines is 2. The molecular weight excluding hydrogens is 540 g/mol. The van der Waals surface area contributed by atoms with E-state index in [1.165, 1.54) is 11.1 Å². The molecule has 1 saturated heterocycles. The van der Waals surface area contributed by atoms with Gasteiger partial charge in [0.25, 0.3) is 5.91 Å². The van der Waals surface area contributed by atoms with E-state index in [1.807, 2.05) is 24.3 Å². The van der Waals surface area contributed by atoms with Crippen LogP contribution < -0.4 is 26.3 Å². The molecule has 10 heteroatoms. The third-order valence-corrected chi connectivity index (χ3v) is 8.29. The van der Waals surface area contributed by atoms with Gasteiger partial charge in [-0.2, -0.15) is 0 Å². The number of likely N-dealkylation sites (tertiary alicyclic amines) is 1. The molecule has 9 nitrogen and oxygen atoms in total. The molecule has 41 heavy (non-hydrogen) atoms. The molecule has 1 atom stereocenters. The van der Waals surface area contributed by atoms with Crippen molar-refractivity contribution in [2.24, 2.45) is 0 Å². The number of quaternary nitrogens is 1. The maximum Gasteiger partial charge on any atom is 0.274 e. The van der Waals surface area contributed by atoms with Crippen molar-refractivity contribution in [2.45, 2.75) is 51.0 Å². The second kappa shape index (κ2) is 14.4. The standard InChI is InChI=1S/C31H41ClN6O3/c1-40-25-14-10-22(11-15-25)7-5-19-38(20-6-8-23-12-16-26(41-2)17-13-23)18-4-3-9-24(21-38)35-31(39)27-29(33)37-30(34)28(32)36-27/h10-17,24H,3-9,18-21H2,1-2H3,(H4-,33,34,35,37,39)/p+1. The van der Waals surface area contributed by atoms with Gasteiger partial charge >= 0.3 is 0 Å². The largest absolute Gasteiger partial charge is 0.497 e. The van der Waals surface area contributed by atoms with Crippen LogP contribution in [0.15, 0.2) is 48.5 Å². The van der Waals surface area contributed by atoms with Gasteiger partial charge in [-0.15, -0.1) is 0 Å². The van der Waals surface area contributed by atoms with Gasteiger partial charge in [-0.05, 0) is 67.5 Å². The van der Waals surface area contributed by atoms with Gasteiger partial charge in [0, 0.05) is 12.8 Å². The summed E-state index contributed by atoms with van der Waals surface area (Å²) in [7, 11) is 3.37. The van der Waals surface area contributed by atoms with Crippen LogP contribution in [0.1, 0.15) is 53.7 Å². The molecule has 1 aromatic heterocycles. The highest BCUT2D eigenvalue weighted by atomic mass is 35.5. The highest BCUT2D eigenvalue weighted by Crippen LogP contribution is 2.24. The molecule has 1 unspecified atom stereocenters. The lowest BCUT2D eigenvalue weighted by Crippen LogP contribution is -2.56. The van der Waals surface area contributed by atoms with Crippen LogP contribution in [0.4, 0.5) is 11.6 Å². The van der Waals surface area contributed by atoms with E-state index in [-0.39, 0.29) is 34.4 Å². The van der Waals surface area contributed by atoms with E-state index < -0.39 is 0 Å². The van der Waals surface area contributed by atoms with Crippen molar-refractivity contribution in [3.05, 3.63) is 70.5 Å². The zero-order valence-electron chi connectivity index (χ0n) is 24.1. The number of benzene rings is 2. The Hall–Kier alpha value is -3.56. The van der Waals surface area contributed by atoms with E-state index >= 15 is 0 Å². The first-order chi connectivity index (χ1) is 19.8. The van der Waals surface area contributed by atoms with Gasteiger partial charge in [0.2, 0.25) is 0 Å². The molecule has 4 rings (SSSR count).